The van der Waals surface area contributed by atoms with Crippen molar-refractivity contribution in [3.63, 3.8) is 0 Å². The molecule has 0 aliphatic carbocycles. The SMILES string of the molecule is C[C@H]1C[C@@H](C(=O)Nc2nc(-c3ccccc3)cs2)CCN1. The number of hydrogen-bond donors (Lipinski definition) is 2. The quantitative estimate of drug-likeness (QED) is 0.915. The van der Waals surface area contributed by atoms with Crippen LogP contribution < -0.4 is 10.6 Å². The number of carbonyl (C=O) groups excluding carboxylic acids is 1. The average molecular weight is 301 g/mol. The summed E-state index contributed by atoms with van der Waals surface area (Å²) in [6.45, 7) is 3.03. The van der Waals surface area contributed by atoms with Crippen LogP contribution in [0.25, 0.3) is 11.3 Å². The molecule has 1 aromatic carbocycles. The van der Waals surface area contributed by atoms with Gasteiger partial charge in [-0.1, -0.05) is 30.3 Å². The summed E-state index contributed by atoms with van der Waals surface area (Å²) in [6.07, 6.45) is 1.79. The number of nitrogens with one attached hydrogen (secondary N) is 2. The number of rotatable bonds is 3. The molecule has 0 saturated carbocycles. The standard InChI is InChI=1S/C16H19N3OS/c1-11-9-13(7-8-17-11)15(20)19-16-18-14(10-21-16)12-5-3-2-4-6-12/h2-6,10-11,13,17H,7-9H2,1H3,(H,18,19,20)/t11-,13-/m0/s1. The van der Waals surface area contributed by atoms with Gasteiger partial charge in [0.15, 0.2) is 5.13 Å². The maximum Gasteiger partial charge on any atom is 0.229 e. The summed E-state index contributed by atoms with van der Waals surface area (Å²) in [5, 5.41) is 8.99. The van der Waals surface area contributed by atoms with Crippen molar-refractivity contribution in [1.82, 2.24) is 10.3 Å². The molecule has 3 rings (SSSR count). The maximum absolute atomic E-state index is 12.3. The predicted molar refractivity (Wildman–Crippen MR) is 86.4 cm³/mol. The third kappa shape index (κ3) is 3.49. The van der Waals surface area contributed by atoms with Crippen LogP contribution in [0.3, 0.4) is 0 Å². The Labute approximate surface area is 128 Å². The maximum atomic E-state index is 12.3. The number of carbonyl (C=O) groups is 1. The van der Waals surface area contributed by atoms with Gasteiger partial charge in [0, 0.05) is 22.9 Å². The fraction of sp³-hybridized carbons (Fsp3) is 0.375. The second kappa shape index (κ2) is 6.37. The van der Waals surface area contributed by atoms with Gasteiger partial charge in [-0.15, -0.1) is 11.3 Å². The molecule has 110 valence electrons. The highest BCUT2D eigenvalue weighted by atomic mass is 32.1. The molecule has 1 saturated heterocycles. The molecule has 1 fully saturated rings. The lowest BCUT2D eigenvalue weighted by atomic mass is 9.92. The molecule has 2 atom stereocenters. The fourth-order valence-electron chi connectivity index (χ4n) is 2.65. The van der Waals surface area contributed by atoms with Crippen LogP contribution in [0.1, 0.15) is 19.8 Å². The van der Waals surface area contributed by atoms with Crippen LogP contribution in [0.2, 0.25) is 0 Å². The number of amides is 1. The van der Waals surface area contributed by atoms with Crippen LogP contribution in [0.5, 0.6) is 0 Å². The van der Waals surface area contributed by atoms with Gasteiger partial charge < -0.3 is 10.6 Å². The van der Waals surface area contributed by atoms with Crippen molar-refractivity contribution in [3.05, 3.63) is 35.7 Å². The van der Waals surface area contributed by atoms with Gasteiger partial charge in [0.1, 0.15) is 0 Å². The van der Waals surface area contributed by atoms with Crippen LogP contribution in [0.15, 0.2) is 35.7 Å². The van der Waals surface area contributed by atoms with Gasteiger partial charge in [0.25, 0.3) is 0 Å². The van der Waals surface area contributed by atoms with Gasteiger partial charge in [0.05, 0.1) is 5.69 Å². The van der Waals surface area contributed by atoms with Crippen LogP contribution in [0, 0.1) is 5.92 Å². The number of aromatic nitrogens is 1. The molecular weight excluding hydrogens is 282 g/mol. The number of anilines is 1. The van der Waals surface area contributed by atoms with E-state index in [0.29, 0.717) is 11.2 Å². The van der Waals surface area contributed by atoms with E-state index >= 15 is 0 Å². The summed E-state index contributed by atoms with van der Waals surface area (Å²) < 4.78 is 0. The lowest BCUT2D eigenvalue weighted by Gasteiger charge is -2.26. The first-order valence-corrected chi connectivity index (χ1v) is 8.15. The Balaban J connectivity index is 1.66. The van der Waals surface area contributed by atoms with Gasteiger partial charge in [0.2, 0.25) is 5.91 Å². The zero-order valence-corrected chi connectivity index (χ0v) is 12.8. The zero-order valence-electron chi connectivity index (χ0n) is 12.0. The van der Waals surface area contributed by atoms with E-state index in [2.05, 4.69) is 22.5 Å². The zero-order chi connectivity index (χ0) is 14.7. The first-order chi connectivity index (χ1) is 10.2. The molecule has 1 aromatic heterocycles. The van der Waals surface area contributed by atoms with Gasteiger partial charge in [-0.3, -0.25) is 4.79 Å². The molecule has 2 heterocycles. The number of hydrogen-bond acceptors (Lipinski definition) is 4. The smallest absolute Gasteiger partial charge is 0.229 e. The Bertz CT molecular complexity index is 611. The summed E-state index contributed by atoms with van der Waals surface area (Å²) in [7, 11) is 0. The Morgan fingerprint density at radius 3 is 2.95 bits per heavy atom. The van der Waals surface area contributed by atoms with Crippen molar-refractivity contribution < 1.29 is 4.79 Å². The van der Waals surface area contributed by atoms with E-state index in [1.165, 1.54) is 11.3 Å². The molecule has 1 aliphatic heterocycles. The molecule has 1 amide bonds. The van der Waals surface area contributed by atoms with Crippen LogP contribution in [-0.2, 0) is 4.79 Å². The van der Waals surface area contributed by atoms with E-state index < -0.39 is 0 Å². The van der Waals surface area contributed by atoms with Crippen molar-refractivity contribution >= 4 is 22.4 Å². The molecule has 0 bridgehead atoms. The first-order valence-electron chi connectivity index (χ1n) is 7.27. The lowest BCUT2D eigenvalue weighted by Crippen LogP contribution is -2.40. The molecule has 0 radical (unpaired) electrons. The van der Waals surface area contributed by atoms with Crippen LogP contribution >= 0.6 is 11.3 Å². The summed E-state index contributed by atoms with van der Waals surface area (Å²) in [4.78, 5) is 16.8. The van der Waals surface area contributed by atoms with E-state index in [9.17, 15) is 4.79 Å². The Morgan fingerprint density at radius 1 is 1.38 bits per heavy atom. The number of nitrogens with zero attached hydrogens (tertiary/aromatic N) is 1. The molecular formula is C16H19N3OS. The van der Waals surface area contributed by atoms with Crippen LogP contribution in [-0.4, -0.2) is 23.5 Å². The normalized spacial score (nSPS) is 22.0. The summed E-state index contributed by atoms with van der Waals surface area (Å²) in [5.41, 5.74) is 1.99. The molecule has 5 heteroatoms. The lowest BCUT2D eigenvalue weighted by molar-refractivity contribution is -0.120. The molecule has 0 unspecified atom stereocenters. The van der Waals surface area contributed by atoms with Crippen molar-refractivity contribution in [2.45, 2.75) is 25.8 Å². The van der Waals surface area contributed by atoms with Crippen molar-refractivity contribution in [2.75, 3.05) is 11.9 Å². The number of thiazole rings is 1. The fourth-order valence-corrected chi connectivity index (χ4v) is 3.37. The van der Waals surface area contributed by atoms with Gasteiger partial charge in [-0.2, -0.15) is 0 Å². The molecule has 4 nitrogen and oxygen atoms in total. The average Bonchev–Trinajstić information content (AvgIpc) is 2.97. The molecule has 0 spiro atoms. The van der Waals surface area contributed by atoms with E-state index in [4.69, 9.17) is 0 Å². The highest BCUT2D eigenvalue weighted by molar-refractivity contribution is 7.14. The van der Waals surface area contributed by atoms with E-state index in [0.717, 1.165) is 30.6 Å². The van der Waals surface area contributed by atoms with Gasteiger partial charge in [-0.25, -0.2) is 4.98 Å². The predicted octanol–water partition coefficient (Wildman–Crippen LogP) is 3.14. The first kappa shape index (κ1) is 14.2. The molecule has 2 aromatic rings. The van der Waals surface area contributed by atoms with E-state index in [1.54, 1.807) is 0 Å². The highest BCUT2D eigenvalue weighted by Crippen LogP contribution is 2.26. The largest absolute Gasteiger partial charge is 0.314 e. The van der Waals surface area contributed by atoms with Crippen LogP contribution in [0.4, 0.5) is 5.13 Å². The Kier molecular flexibility index (Phi) is 4.31. The highest BCUT2D eigenvalue weighted by Gasteiger charge is 2.25. The second-order valence-corrected chi connectivity index (χ2v) is 6.33. The number of piperidine rings is 1. The summed E-state index contributed by atoms with van der Waals surface area (Å²) in [5.74, 6) is 0.183. The van der Waals surface area contributed by atoms with Crippen molar-refractivity contribution in [3.8, 4) is 11.3 Å². The Morgan fingerprint density at radius 2 is 2.19 bits per heavy atom. The second-order valence-electron chi connectivity index (χ2n) is 5.47. The summed E-state index contributed by atoms with van der Waals surface area (Å²) >= 11 is 1.48. The van der Waals surface area contributed by atoms with E-state index in [-0.39, 0.29) is 11.8 Å². The van der Waals surface area contributed by atoms with Crippen molar-refractivity contribution in [1.29, 1.82) is 0 Å². The molecule has 1 aliphatic rings. The van der Waals surface area contributed by atoms with Gasteiger partial charge in [-0.05, 0) is 26.3 Å². The monoisotopic (exact) mass is 301 g/mol. The minimum atomic E-state index is 0.0883. The van der Waals surface area contributed by atoms with Crippen molar-refractivity contribution in [2.24, 2.45) is 5.92 Å². The van der Waals surface area contributed by atoms with Gasteiger partial charge >= 0.3 is 0 Å². The topological polar surface area (TPSA) is 54.0 Å². The minimum Gasteiger partial charge on any atom is -0.314 e. The third-order valence-electron chi connectivity index (χ3n) is 3.80. The third-order valence-corrected chi connectivity index (χ3v) is 4.56. The molecule has 21 heavy (non-hydrogen) atoms. The number of benzene rings is 1. The molecule has 2 N–H and O–H groups in total. The summed E-state index contributed by atoms with van der Waals surface area (Å²) in [6, 6.07) is 10.4. The van der Waals surface area contributed by atoms with E-state index in [1.807, 2.05) is 35.7 Å². The minimum absolute atomic E-state index is 0.0883. The Hall–Kier alpha value is -1.72.